The minimum absolute atomic E-state index is 0.368. The summed E-state index contributed by atoms with van der Waals surface area (Å²) in [5.41, 5.74) is 2.47. The molecule has 0 amide bonds. The van der Waals surface area contributed by atoms with Crippen LogP contribution < -0.4 is 0 Å². The average molecular weight is 217 g/mol. The zero-order valence-electron chi connectivity index (χ0n) is 9.76. The summed E-state index contributed by atoms with van der Waals surface area (Å²) in [5.74, 6) is 0. The molecule has 0 spiro atoms. The number of nitrogens with zero attached hydrogens (tertiary/aromatic N) is 1. The lowest BCUT2D eigenvalue weighted by Gasteiger charge is -2.27. The van der Waals surface area contributed by atoms with Gasteiger partial charge in [-0.2, -0.15) is 0 Å². The van der Waals surface area contributed by atoms with Crippen molar-refractivity contribution in [3.63, 3.8) is 0 Å². The van der Waals surface area contributed by atoms with E-state index in [4.69, 9.17) is 0 Å². The normalized spacial score (nSPS) is 19.2. The number of aliphatic hydroxyl groups is 1. The first-order valence-electron chi connectivity index (χ1n) is 5.86. The summed E-state index contributed by atoms with van der Waals surface area (Å²) in [5, 5.41) is 10.1. The van der Waals surface area contributed by atoms with Gasteiger partial charge in [-0.05, 0) is 18.9 Å². The number of benzene rings is 1. The van der Waals surface area contributed by atoms with Gasteiger partial charge in [0.1, 0.15) is 0 Å². The summed E-state index contributed by atoms with van der Waals surface area (Å²) in [6.45, 7) is 4.93. The smallest absolute Gasteiger partial charge is 0.0917 e. The van der Waals surface area contributed by atoms with E-state index < -0.39 is 0 Å². The highest BCUT2D eigenvalue weighted by molar-refractivity contribution is 5.17. The molecule has 1 aromatic carbocycles. The Kier molecular flexibility index (Phi) is 3.75. The van der Waals surface area contributed by atoms with Crippen LogP contribution in [0.3, 0.4) is 0 Å². The minimum atomic E-state index is -0.368. The summed E-state index contributed by atoms with van der Waals surface area (Å²) < 4.78 is 0. The molecule has 86 valence electrons. The zero-order valence-corrected chi connectivity index (χ0v) is 9.76. The molecule has 2 nitrogen and oxygen atoms in total. The zero-order chi connectivity index (χ0) is 11.4. The topological polar surface area (TPSA) is 23.5 Å². The molecule has 1 atom stereocenters. The van der Waals surface area contributed by atoms with Gasteiger partial charge in [0.05, 0.1) is 6.10 Å². The van der Waals surface area contributed by atoms with Crippen molar-refractivity contribution in [1.82, 2.24) is 4.90 Å². The van der Waals surface area contributed by atoms with Gasteiger partial charge in [-0.1, -0.05) is 42.0 Å². The summed E-state index contributed by atoms with van der Waals surface area (Å²) in [7, 11) is 0. The van der Waals surface area contributed by atoms with Crippen LogP contribution in [0.1, 0.15) is 25.0 Å². The lowest BCUT2D eigenvalue weighted by Crippen LogP contribution is -2.32. The van der Waals surface area contributed by atoms with Crippen molar-refractivity contribution in [1.29, 1.82) is 0 Å². The predicted octanol–water partition coefficient (Wildman–Crippen LogP) is 2.37. The van der Waals surface area contributed by atoms with Crippen molar-refractivity contribution in [2.45, 2.75) is 19.4 Å². The van der Waals surface area contributed by atoms with Crippen LogP contribution in [0.4, 0.5) is 0 Å². The molecular formula is C14H19NO. The average Bonchev–Trinajstić information content (AvgIpc) is 2.33. The van der Waals surface area contributed by atoms with Crippen LogP contribution in [0, 0.1) is 0 Å². The molecule has 1 N–H and O–H groups in total. The molecule has 1 aromatic rings. The van der Waals surface area contributed by atoms with Crippen molar-refractivity contribution < 1.29 is 5.11 Å². The fraction of sp³-hybridized carbons (Fsp3) is 0.429. The highest BCUT2D eigenvalue weighted by atomic mass is 16.3. The Morgan fingerprint density at radius 2 is 2.06 bits per heavy atom. The second-order valence-corrected chi connectivity index (χ2v) is 4.49. The first-order valence-corrected chi connectivity index (χ1v) is 5.86. The molecule has 2 heteroatoms. The molecule has 2 rings (SSSR count). The highest BCUT2D eigenvalue weighted by Crippen LogP contribution is 2.16. The van der Waals surface area contributed by atoms with Crippen LogP contribution in [0.15, 0.2) is 42.0 Å². The van der Waals surface area contributed by atoms with Crippen LogP contribution in [-0.4, -0.2) is 29.6 Å². The Bertz CT molecular complexity index is 358. The Balaban J connectivity index is 1.91. The number of rotatable bonds is 3. The Morgan fingerprint density at radius 1 is 1.31 bits per heavy atom. The van der Waals surface area contributed by atoms with E-state index in [0.29, 0.717) is 0 Å². The summed E-state index contributed by atoms with van der Waals surface area (Å²) in [6.07, 6.45) is 3.01. The molecule has 0 saturated heterocycles. The summed E-state index contributed by atoms with van der Waals surface area (Å²) >= 11 is 0. The Morgan fingerprint density at radius 3 is 2.69 bits per heavy atom. The summed E-state index contributed by atoms with van der Waals surface area (Å²) in [4.78, 5) is 2.30. The lowest BCUT2D eigenvalue weighted by atomic mass is 10.1. The maximum Gasteiger partial charge on any atom is 0.0917 e. The van der Waals surface area contributed by atoms with E-state index >= 15 is 0 Å². The molecule has 1 aliphatic rings. The summed E-state index contributed by atoms with van der Waals surface area (Å²) in [6, 6.07) is 9.88. The molecule has 0 radical (unpaired) electrons. The predicted molar refractivity (Wildman–Crippen MR) is 66.2 cm³/mol. The van der Waals surface area contributed by atoms with Gasteiger partial charge in [-0.25, -0.2) is 0 Å². The largest absolute Gasteiger partial charge is 0.387 e. The van der Waals surface area contributed by atoms with Gasteiger partial charge in [0, 0.05) is 19.6 Å². The molecule has 0 fully saturated rings. The fourth-order valence-corrected chi connectivity index (χ4v) is 2.00. The van der Waals surface area contributed by atoms with E-state index in [0.717, 1.165) is 31.6 Å². The molecule has 0 bridgehead atoms. The van der Waals surface area contributed by atoms with Gasteiger partial charge in [0.25, 0.3) is 0 Å². The molecular weight excluding hydrogens is 198 g/mol. The van der Waals surface area contributed by atoms with E-state index in [1.165, 1.54) is 5.57 Å². The van der Waals surface area contributed by atoms with Crippen LogP contribution in [-0.2, 0) is 0 Å². The molecule has 0 unspecified atom stereocenters. The SMILES string of the molecule is CC1=CCN(C[C@H](O)c2ccccc2)CC1. The fourth-order valence-electron chi connectivity index (χ4n) is 2.00. The van der Waals surface area contributed by atoms with E-state index in [1.807, 2.05) is 30.3 Å². The molecule has 0 saturated carbocycles. The van der Waals surface area contributed by atoms with Gasteiger partial charge < -0.3 is 5.11 Å². The van der Waals surface area contributed by atoms with Crippen molar-refractivity contribution in [3.8, 4) is 0 Å². The van der Waals surface area contributed by atoms with E-state index in [-0.39, 0.29) is 6.10 Å². The first kappa shape index (κ1) is 11.4. The van der Waals surface area contributed by atoms with Crippen molar-refractivity contribution >= 4 is 0 Å². The third-order valence-corrected chi connectivity index (χ3v) is 3.14. The third kappa shape index (κ3) is 2.94. The van der Waals surface area contributed by atoms with Gasteiger partial charge >= 0.3 is 0 Å². The number of aliphatic hydroxyl groups excluding tert-OH is 1. The van der Waals surface area contributed by atoms with E-state index in [1.54, 1.807) is 0 Å². The van der Waals surface area contributed by atoms with Crippen LogP contribution in [0.2, 0.25) is 0 Å². The second-order valence-electron chi connectivity index (χ2n) is 4.49. The van der Waals surface area contributed by atoms with Crippen molar-refractivity contribution in [2.75, 3.05) is 19.6 Å². The molecule has 1 aliphatic heterocycles. The standard InChI is InChI=1S/C14H19NO/c1-12-7-9-15(10-8-12)11-14(16)13-5-3-2-4-6-13/h2-7,14,16H,8-11H2,1H3/t14-/m0/s1. The maximum absolute atomic E-state index is 10.1. The first-order chi connectivity index (χ1) is 7.75. The molecule has 16 heavy (non-hydrogen) atoms. The molecule has 0 aliphatic carbocycles. The van der Waals surface area contributed by atoms with Gasteiger partial charge in [0.2, 0.25) is 0 Å². The Labute approximate surface area is 97.2 Å². The highest BCUT2D eigenvalue weighted by Gasteiger charge is 2.14. The quantitative estimate of drug-likeness (QED) is 0.786. The number of hydrogen-bond acceptors (Lipinski definition) is 2. The monoisotopic (exact) mass is 217 g/mol. The lowest BCUT2D eigenvalue weighted by molar-refractivity contribution is 0.117. The van der Waals surface area contributed by atoms with Gasteiger partial charge in [-0.3, -0.25) is 4.90 Å². The van der Waals surface area contributed by atoms with E-state index in [2.05, 4.69) is 17.9 Å². The van der Waals surface area contributed by atoms with Crippen molar-refractivity contribution in [2.24, 2.45) is 0 Å². The van der Waals surface area contributed by atoms with E-state index in [9.17, 15) is 5.11 Å². The van der Waals surface area contributed by atoms with Crippen molar-refractivity contribution in [3.05, 3.63) is 47.5 Å². The Hall–Kier alpha value is -1.12. The number of hydrogen-bond donors (Lipinski definition) is 1. The second kappa shape index (κ2) is 5.28. The number of β-amino-alcohol motifs (C(OH)–C–C–N with tert-alkyl or cyclic N) is 1. The maximum atomic E-state index is 10.1. The van der Waals surface area contributed by atoms with Crippen LogP contribution >= 0.6 is 0 Å². The molecule has 0 aromatic heterocycles. The van der Waals surface area contributed by atoms with Gasteiger partial charge in [0.15, 0.2) is 0 Å². The van der Waals surface area contributed by atoms with Gasteiger partial charge in [-0.15, -0.1) is 0 Å². The molecule has 1 heterocycles. The van der Waals surface area contributed by atoms with Crippen LogP contribution in [0.25, 0.3) is 0 Å². The minimum Gasteiger partial charge on any atom is -0.387 e. The van der Waals surface area contributed by atoms with Crippen LogP contribution in [0.5, 0.6) is 0 Å². The third-order valence-electron chi connectivity index (χ3n) is 3.14.